The molecular formula is C23H30N4O3. The zero-order valence-corrected chi connectivity index (χ0v) is 17.3. The number of rotatable bonds is 6. The number of carbonyl (C=O) groups is 3. The van der Waals surface area contributed by atoms with Crippen LogP contribution in [0.4, 0.5) is 0 Å². The van der Waals surface area contributed by atoms with Gasteiger partial charge in [-0.3, -0.25) is 19.7 Å². The number of hydrogen-bond donors (Lipinski definition) is 3. The Morgan fingerprint density at radius 1 is 1.20 bits per heavy atom. The van der Waals surface area contributed by atoms with E-state index < -0.39 is 6.04 Å². The van der Waals surface area contributed by atoms with Crippen molar-refractivity contribution >= 4 is 17.7 Å². The van der Waals surface area contributed by atoms with E-state index >= 15 is 0 Å². The largest absolute Gasteiger partial charge is 0.326 e. The molecule has 2 atom stereocenters. The quantitative estimate of drug-likeness (QED) is 0.616. The maximum Gasteiger partial charge on any atom is 0.255 e. The first kappa shape index (κ1) is 19.7. The summed E-state index contributed by atoms with van der Waals surface area (Å²) in [5.74, 6) is 0.131. The number of nitrogens with zero attached hydrogens (tertiary/aromatic N) is 1. The van der Waals surface area contributed by atoms with Crippen molar-refractivity contribution in [1.29, 1.82) is 0 Å². The first-order valence-corrected chi connectivity index (χ1v) is 11.2. The van der Waals surface area contributed by atoms with Crippen molar-refractivity contribution in [2.24, 2.45) is 17.1 Å². The van der Waals surface area contributed by atoms with Crippen LogP contribution >= 0.6 is 0 Å². The van der Waals surface area contributed by atoms with Gasteiger partial charge >= 0.3 is 0 Å². The van der Waals surface area contributed by atoms with Gasteiger partial charge in [-0.15, -0.1) is 0 Å². The van der Waals surface area contributed by atoms with Crippen molar-refractivity contribution in [3.63, 3.8) is 0 Å². The molecule has 30 heavy (non-hydrogen) atoms. The summed E-state index contributed by atoms with van der Waals surface area (Å²) < 4.78 is 0. The highest BCUT2D eigenvalue weighted by Crippen LogP contribution is 2.55. The Balaban J connectivity index is 1.20. The number of amides is 3. The van der Waals surface area contributed by atoms with E-state index in [2.05, 4.69) is 10.6 Å². The molecule has 1 aromatic rings. The van der Waals surface area contributed by atoms with Gasteiger partial charge in [0.15, 0.2) is 0 Å². The number of nitrogens with one attached hydrogen (secondary N) is 2. The average Bonchev–Trinajstić information content (AvgIpc) is 3.43. The summed E-state index contributed by atoms with van der Waals surface area (Å²) in [5.41, 5.74) is 9.56. The predicted molar refractivity (Wildman–Crippen MR) is 111 cm³/mol. The molecule has 3 fully saturated rings. The van der Waals surface area contributed by atoms with E-state index in [-0.39, 0.29) is 30.2 Å². The van der Waals surface area contributed by atoms with E-state index in [4.69, 9.17) is 5.73 Å². The molecule has 0 spiro atoms. The first-order chi connectivity index (χ1) is 14.4. The van der Waals surface area contributed by atoms with Crippen LogP contribution in [0.1, 0.15) is 66.4 Å². The summed E-state index contributed by atoms with van der Waals surface area (Å²) in [5, 5.41) is 5.84. The molecule has 7 nitrogen and oxygen atoms in total. The number of fused-ring (bicyclic) bond motifs is 3. The highest BCUT2D eigenvalue weighted by Gasteiger charge is 2.48. The second-order valence-electron chi connectivity index (χ2n) is 9.64. The fourth-order valence-electron chi connectivity index (χ4n) is 6.06. The van der Waals surface area contributed by atoms with Gasteiger partial charge in [0.25, 0.3) is 5.91 Å². The standard InChI is InChI=1S/C23H30N4O3/c24-19(23-7-5-14(10-23)6-8-23)12-25-11-15-1-2-16-13-27(22(30)17(16)9-15)18-3-4-20(28)26-21(18)29/h1-2,9,14,18-19,25H,3-8,10-13,24H2,(H,26,28,29). The highest BCUT2D eigenvalue weighted by molar-refractivity contribution is 6.05. The van der Waals surface area contributed by atoms with E-state index in [0.717, 1.165) is 23.6 Å². The number of hydrogen-bond acceptors (Lipinski definition) is 5. The van der Waals surface area contributed by atoms with Crippen LogP contribution < -0.4 is 16.4 Å². The fraction of sp³-hybridized carbons (Fsp3) is 0.609. The van der Waals surface area contributed by atoms with Gasteiger partial charge < -0.3 is 16.0 Å². The van der Waals surface area contributed by atoms with Gasteiger partial charge in [0, 0.05) is 37.7 Å². The summed E-state index contributed by atoms with van der Waals surface area (Å²) in [6.45, 7) is 1.88. The molecule has 0 aromatic heterocycles. The fourth-order valence-corrected chi connectivity index (χ4v) is 6.06. The summed E-state index contributed by atoms with van der Waals surface area (Å²) in [6.07, 6.45) is 7.16. The van der Waals surface area contributed by atoms with Crippen molar-refractivity contribution in [3.8, 4) is 0 Å². The molecule has 3 amide bonds. The number of piperidine rings is 1. The Kier molecular flexibility index (Phi) is 4.90. The van der Waals surface area contributed by atoms with Crippen LogP contribution in [0.5, 0.6) is 0 Å². The Labute approximate surface area is 176 Å². The molecular weight excluding hydrogens is 380 g/mol. The number of nitrogens with two attached hydrogens (primary N) is 1. The SMILES string of the molecule is NC(CNCc1ccc2c(c1)C(=O)N(C1CCC(=O)NC1=O)C2)C12CCC(CC1)C2. The van der Waals surface area contributed by atoms with Crippen molar-refractivity contribution < 1.29 is 14.4 Å². The lowest BCUT2D eigenvalue weighted by Crippen LogP contribution is -2.52. The van der Waals surface area contributed by atoms with Crippen molar-refractivity contribution in [2.45, 2.75) is 70.1 Å². The van der Waals surface area contributed by atoms with E-state index in [0.29, 0.717) is 30.5 Å². The minimum atomic E-state index is -0.567. The van der Waals surface area contributed by atoms with Gasteiger partial charge in [0.2, 0.25) is 11.8 Å². The third-order valence-electron chi connectivity index (χ3n) is 7.87. The van der Waals surface area contributed by atoms with Gasteiger partial charge in [-0.25, -0.2) is 0 Å². The molecule has 2 saturated carbocycles. The third-order valence-corrected chi connectivity index (χ3v) is 7.87. The van der Waals surface area contributed by atoms with Gasteiger partial charge in [-0.1, -0.05) is 12.1 Å². The van der Waals surface area contributed by atoms with Crippen molar-refractivity contribution in [2.75, 3.05) is 6.54 Å². The van der Waals surface area contributed by atoms with Crippen LogP contribution in [0.2, 0.25) is 0 Å². The number of imide groups is 1. The molecule has 4 N–H and O–H groups in total. The van der Waals surface area contributed by atoms with Gasteiger partial charge in [0.1, 0.15) is 6.04 Å². The van der Waals surface area contributed by atoms with Gasteiger partial charge in [0.05, 0.1) is 0 Å². The molecule has 160 valence electrons. The lowest BCUT2D eigenvalue weighted by Gasteiger charge is -2.33. The van der Waals surface area contributed by atoms with Crippen molar-refractivity contribution in [3.05, 3.63) is 34.9 Å². The minimum Gasteiger partial charge on any atom is -0.326 e. The van der Waals surface area contributed by atoms with Gasteiger partial charge in [-0.05, 0) is 67.1 Å². The van der Waals surface area contributed by atoms with Crippen LogP contribution in [-0.4, -0.2) is 41.2 Å². The van der Waals surface area contributed by atoms with Crippen LogP contribution in [0.3, 0.4) is 0 Å². The molecule has 2 unspecified atom stereocenters. The topological polar surface area (TPSA) is 105 Å². The molecule has 7 heteroatoms. The second kappa shape index (κ2) is 7.46. The molecule has 2 heterocycles. The Morgan fingerprint density at radius 3 is 2.70 bits per heavy atom. The molecule has 1 aromatic carbocycles. The van der Waals surface area contributed by atoms with E-state index in [9.17, 15) is 14.4 Å². The highest BCUT2D eigenvalue weighted by atomic mass is 16.2. The maximum atomic E-state index is 12.9. The van der Waals surface area contributed by atoms with Crippen LogP contribution in [0.15, 0.2) is 18.2 Å². The summed E-state index contributed by atoms with van der Waals surface area (Å²) in [7, 11) is 0. The Bertz CT molecular complexity index is 890. The Hall–Kier alpha value is -2.25. The summed E-state index contributed by atoms with van der Waals surface area (Å²) >= 11 is 0. The zero-order valence-electron chi connectivity index (χ0n) is 17.3. The van der Waals surface area contributed by atoms with E-state index in [1.807, 2.05) is 18.2 Å². The number of carbonyl (C=O) groups excluding carboxylic acids is 3. The lowest BCUT2D eigenvalue weighted by molar-refractivity contribution is -0.136. The van der Waals surface area contributed by atoms with E-state index in [1.54, 1.807) is 4.90 Å². The molecule has 5 rings (SSSR count). The second-order valence-corrected chi connectivity index (χ2v) is 9.64. The maximum absolute atomic E-state index is 12.9. The monoisotopic (exact) mass is 410 g/mol. The van der Waals surface area contributed by atoms with Crippen LogP contribution in [0.25, 0.3) is 0 Å². The van der Waals surface area contributed by atoms with E-state index in [1.165, 1.54) is 32.1 Å². The number of benzene rings is 1. The summed E-state index contributed by atoms with van der Waals surface area (Å²) in [6, 6.07) is 5.57. The van der Waals surface area contributed by atoms with Crippen LogP contribution in [0, 0.1) is 11.3 Å². The molecule has 4 aliphatic rings. The smallest absolute Gasteiger partial charge is 0.255 e. The van der Waals surface area contributed by atoms with Gasteiger partial charge in [-0.2, -0.15) is 0 Å². The third kappa shape index (κ3) is 3.34. The lowest BCUT2D eigenvalue weighted by atomic mass is 9.77. The molecule has 1 saturated heterocycles. The molecule has 0 radical (unpaired) electrons. The van der Waals surface area contributed by atoms with Crippen molar-refractivity contribution in [1.82, 2.24) is 15.5 Å². The minimum absolute atomic E-state index is 0.125. The predicted octanol–water partition coefficient (Wildman–Crippen LogP) is 1.44. The first-order valence-electron chi connectivity index (χ1n) is 11.2. The van der Waals surface area contributed by atoms with Crippen LogP contribution in [-0.2, 0) is 22.7 Å². The Morgan fingerprint density at radius 2 is 2.00 bits per heavy atom. The average molecular weight is 411 g/mol. The molecule has 2 bridgehead atoms. The normalized spacial score (nSPS) is 31.2. The molecule has 2 aliphatic carbocycles. The summed E-state index contributed by atoms with van der Waals surface area (Å²) in [4.78, 5) is 38.1. The zero-order chi connectivity index (χ0) is 20.9. The molecule has 2 aliphatic heterocycles.